The van der Waals surface area contributed by atoms with E-state index in [4.69, 9.17) is 11.6 Å². The molecule has 0 aliphatic carbocycles. The van der Waals surface area contributed by atoms with Gasteiger partial charge in [-0.2, -0.15) is 0 Å². The molecule has 0 saturated carbocycles. The molecule has 0 unspecified atom stereocenters. The van der Waals surface area contributed by atoms with E-state index in [0.29, 0.717) is 20.5 Å². The lowest BCUT2D eigenvalue weighted by Gasteiger charge is -2.21. The number of hydrogen-bond acceptors (Lipinski definition) is 2. The van der Waals surface area contributed by atoms with Crippen molar-refractivity contribution in [3.8, 4) is 0 Å². The van der Waals surface area contributed by atoms with Crippen molar-refractivity contribution in [2.75, 3.05) is 4.90 Å². The fourth-order valence-electron chi connectivity index (χ4n) is 1.51. The summed E-state index contributed by atoms with van der Waals surface area (Å²) in [7, 11) is 0. The summed E-state index contributed by atoms with van der Waals surface area (Å²) < 4.78 is 0.616. The van der Waals surface area contributed by atoms with E-state index in [9.17, 15) is 9.59 Å². The first-order valence-electron chi connectivity index (χ1n) is 4.73. The van der Waals surface area contributed by atoms with Gasteiger partial charge in [-0.15, -0.1) is 0 Å². The Bertz CT molecular complexity index is 463. The quantitative estimate of drug-likeness (QED) is 0.727. The van der Waals surface area contributed by atoms with Crippen molar-refractivity contribution in [2.45, 2.75) is 19.2 Å². The summed E-state index contributed by atoms with van der Waals surface area (Å²) in [6.45, 7) is 2.70. The predicted octanol–water partition coefficient (Wildman–Crippen LogP) is 3.90. The summed E-state index contributed by atoms with van der Waals surface area (Å²) in [5.41, 5.74) is 1.31. The number of hydrogen-bond donors (Lipinski definition) is 0. The molecule has 92 valence electrons. The molecule has 1 aromatic carbocycles. The molecule has 1 aromatic rings. The number of carbonyl (C=O) groups is 2. The van der Waals surface area contributed by atoms with Crippen LogP contribution in [0, 0.1) is 0 Å². The lowest BCUT2D eigenvalue weighted by atomic mass is 10.1. The maximum atomic E-state index is 11.5. The molecule has 0 heterocycles. The molecule has 0 atom stereocenters. The van der Waals surface area contributed by atoms with E-state index in [1.807, 2.05) is 0 Å². The maximum Gasteiger partial charge on any atom is 0.230 e. The zero-order chi connectivity index (χ0) is 13.2. The monoisotopic (exact) mass is 381 g/mol. The highest BCUT2D eigenvalue weighted by molar-refractivity contribution is 9.10. The smallest absolute Gasteiger partial charge is 0.230 e. The topological polar surface area (TPSA) is 37.4 Å². The largest absolute Gasteiger partial charge is 0.274 e. The molecular weight excluding hydrogens is 373 g/mol. The molecule has 0 saturated heterocycles. The Morgan fingerprint density at radius 3 is 2.24 bits per heavy atom. The normalized spacial score (nSPS) is 10.2. The summed E-state index contributed by atoms with van der Waals surface area (Å²) >= 11 is 12.6. The number of imide groups is 1. The van der Waals surface area contributed by atoms with Gasteiger partial charge >= 0.3 is 0 Å². The number of benzene rings is 1. The van der Waals surface area contributed by atoms with Gasteiger partial charge in [-0.05, 0) is 33.6 Å². The van der Waals surface area contributed by atoms with Gasteiger partial charge in [-0.3, -0.25) is 9.59 Å². The fraction of sp³-hybridized carbons (Fsp3) is 0.273. The van der Waals surface area contributed by atoms with Crippen molar-refractivity contribution < 1.29 is 9.59 Å². The third-order valence-electron chi connectivity index (χ3n) is 2.10. The Hall–Kier alpha value is -0.390. The average Bonchev–Trinajstić information content (AvgIpc) is 2.20. The number of anilines is 1. The molecule has 0 N–H and O–H groups in total. The number of alkyl halides is 1. The molecule has 0 radical (unpaired) electrons. The summed E-state index contributed by atoms with van der Waals surface area (Å²) in [6, 6.07) is 3.37. The van der Waals surface area contributed by atoms with Gasteiger partial charge in [0.1, 0.15) is 0 Å². The van der Waals surface area contributed by atoms with Gasteiger partial charge in [0.05, 0.1) is 5.69 Å². The van der Waals surface area contributed by atoms with Gasteiger partial charge in [0.2, 0.25) is 11.8 Å². The van der Waals surface area contributed by atoms with Crippen molar-refractivity contribution >= 4 is 61.0 Å². The molecule has 3 nitrogen and oxygen atoms in total. The van der Waals surface area contributed by atoms with Crippen molar-refractivity contribution in [1.82, 2.24) is 0 Å². The van der Waals surface area contributed by atoms with Gasteiger partial charge in [0.15, 0.2) is 0 Å². The lowest BCUT2D eigenvalue weighted by Crippen LogP contribution is -2.34. The molecular formula is C11H10Br2ClNO2. The molecule has 0 spiro atoms. The Balaban J connectivity index is 3.47. The first-order chi connectivity index (χ1) is 7.88. The van der Waals surface area contributed by atoms with E-state index in [1.165, 1.54) is 13.8 Å². The zero-order valence-corrected chi connectivity index (χ0v) is 13.2. The zero-order valence-electron chi connectivity index (χ0n) is 9.26. The van der Waals surface area contributed by atoms with Crippen LogP contribution in [0.2, 0.25) is 5.02 Å². The van der Waals surface area contributed by atoms with Crippen LogP contribution in [0.25, 0.3) is 0 Å². The Labute approximate surface area is 121 Å². The number of halogens is 3. The molecule has 1 rings (SSSR count). The summed E-state index contributed by atoms with van der Waals surface area (Å²) in [4.78, 5) is 24.2. The highest BCUT2D eigenvalue weighted by atomic mass is 79.9. The number of nitrogens with zero attached hydrogens (tertiary/aromatic N) is 1. The molecule has 0 fully saturated rings. The minimum atomic E-state index is -0.331. The summed E-state index contributed by atoms with van der Waals surface area (Å²) in [5.74, 6) is -0.662. The van der Waals surface area contributed by atoms with E-state index in [1.54, 1.807) is 12.1 Å². The van der Waals surface area contributed by atoms with Crippen LogP contribution in [-0.2, 0) is 14.9 Å². The van der Waals surface area contributed by atoms with Gasteiger partial charge in [0.25, 0.3) is 0 Å². The van der Waals surface area contributed by atoms with Crippen LogP contribution < -0.4 is 4.90 Å². The van der Waals surface area contributed by atoms with E-state index < -0.39 is 0 Å². The molecule has 0 aliphatic heterocycles. The molecule has 6 heteroatoms. The van der Waals surface area contributed by atoms with Crippen molar-refractivity contribution in [3.63, 3.8) is 0 Å². The second-order valence-electron chi connectivity index (χ2n) is 3.40. The first kappa shape index (κ1) is 14.7. The van der Waals surface area contributed by atoms with Gasteiger partial charge in [0, 0.05) is 28.7 Å². The molecule has 0 aliphatic rings. The minimum Gasteiger partial charge on any atom is -0.274 e. The lowest BCUT2D eigenvalue weighted by molar-refractivity contribution is -0.124. The molecule has 17 heavy (non-hydrogen) atoms. The van der Waals surface area contributed by atoms with Crippen LogP contribution in [-0.4, -0.2) is 11.8 Å². The fourth-order valence-corrected chi connectivity index (χ4v) is 2.99. The van der Waals surface area contributed by atoms with Crippen LogP contribution >= 0.6 is 43.5 Å². The highest BCUT2D eigenvalue weighted by Crippen LogP contribution is 2.35. The van der Waals surface area contributed by atoms with Crippen LogP contribution in [0.15, 0.2) is 16.6 Å². The SMILES string of the molecule is CC(=O)N(C(C)=O)c1c(Br)cc(Cl)cc1CBr. The van der Waals surface area contributed by atoms with Gasteiger partial charge < -0.3 is 0 Å². The molecule has 0 bridgehead atoms. The standard InChI is InChI=1S/C11H10Br2ClNO2/c1-6(16)15(7(2)17)11-8(5-12)3-9(14)4-10(11)13/h3-4H,5H2,1-2H3. The number of amides is 2. The van der Waals surface area contributed by atoms with Crippen molar-refractivity contribution in [2.24, 2.45) is 0 Å². The second-order valence-corrected chi connectivity index (χ2v) is 5.25. The van der Waals surface area contributed by atoms with E-state index in [-0.39, 0.29) is 11.8 Å². The van der Waals surface area contributed by atoms with Crippen LogP contribution in [0.5, 0.6) is 0 Å². The minimum absolute atomic E-state index is 0.331. The Kier molecular flexibility index (Phi) is 5.16. The van der Waals surface area contributed by atoms with Crippen molar-refractivity contribution in [3.05, 3.63) is 27.2 Å². The first-order valence-corrected chi connectivity index (χ1v) is 7.02. The Morgan fingerprint density at radius 1 is 1.29 bits per heavy atom. The van der Waals surface area contributed by atoms with Crippen LogP contribution in [0.1, 0.15) is 19.4 Å². The number of carbonyl (C=O) groups excluding carboxylic acids is 2. The van der Waals surface area contributed by atoms with E-state index in [2.05, 4.69) is 31.9 Å². The van der Waals surface area contributed by atoms with E-state index in [0.717, 1.165) is 10.5 Å². The summed E-state index contributed by atoms with van der Waals surface area (Å²) in [5, 5.41) is 1.04. The van der Waals surface area contributed by atoms with Crippen LogP contribution in [0.3, 0.4) is 0 Å². The summed E-state index contributed by atoms with van der Waals surface area (Å²) in [6.07, 6.45) is 0. The van der Waals surface area contributed by atoms with Gasteiger partial charge in [-0.1, -0.05) is 27.5 Å². The predicted molar refractivity (Wildman–Crippen MR) is 75.6 cm³/mol. The molecule has 0 aromatic heterocycles. The van der Waals surface area contributed by atoms with Crippen LogP contribution in [0.4, 0.5) is 5.69 Å². The third-order valence-corrected chi connectivity index (χ3v) is 3.53. The maximum absolute atomic E-state index is 11.5. The average molecular weight is 383 g/mol. The molecule has 2 amide bonds. The van der Waals surface area contributed by atoms with Gasteiger partial charge in [-0.25, -0.2) is 4.90 Å². The third kappa shape index (κ3) is 3.30. The highest BCUT2D eigenvalue weighted by Gasteiger charge is 2.22. The van der Waals surface area contributed by atoms with Crippen molar-refractivity contribution in [1.29, 1.82) is 0 Å². The number of rotatable bonds is 2. The van der Waals surface area contributed by atoms with E-state index >= 15 is 0 Å². The second kappa shape index (κ2) is 5.98. The Morgan fingerprint density at radius 2 is 1.82 bits per heavy atom.